The molecule has 0 unspecified atom stereocenters. The summed E-state index contributed by atoms with van der Waals surface area (Å²) >= 11 is 5.53. The average Bonchev–Trinajstić information content (AvgIpc) is 2.93. The third-order valence-electron chi connectivity index (χ3n) is 6.90. The first-order valence-electron chi connectivity index (χ1n) is 16.4. The molecule has 0 bridgehead atoms. The van der Waals surface area contributed by atoms with Crippen molar-refractivity contribution >= 4 is 47.3 Å². The third kappa shape index (κ3) is 18.7. The minimum Gasteiger partial charge on any atom is -0.463 e. The van der Waals surface area contributed by atoms with E-state index in [1.165, 1.54) is 39.0 Å². The lowest BCUT2D eigenvalue weighted by molar-refractivity contribution is -0.254. The zero-order chi connectivity index (χ0) is 35.6. The van der Waals surface area contributed by atoms with Gasteiger partial charge < -0.3 is 44.4 Å². The van der Waals surface area contributed by atoms with Crippen LogP contribution in [0, 0.1) is 0 Å². The summed E-state index contributed by atoms with van der Waals surface area (Å²) in [6, 6.07) is -0.333. The number of unbranched alkanes of at least 4 members (excludes halogenated alkanes) is 7. The summed E-state index contributed by atoms with van der Waals surface area (Å²) in [7, 11) is 0. The third-order valence-corrected chi connectivity index (χ3v) is 7.16. The Kier molecular flexibility index (Phi) is 19.2. The highest BCUT2D eigenvalue weighted by Crippen LogP contribution is 2.28. The molecule has 1 heterocycles. The van der Waals surface area contributed by atoms with Crippen molar-refractivity contribution in [2.75, 3.05) is 13.2 Å². The molecule has 1 aliphatic heterocycles. The zero-order valence-electron chi connectivity index (χ0n) is 29.1. The lowest BCUT2D eigenvalue weighted by Crippen LogP contribution is -2.67. The fourth-order valence-corrected chi connectivity index (χ4v) is 5.16. The molecule has 15 heteroatoms. The Balaban J connectivity index is 3.07. The van der Waals surface area contributed by atoms with Crippen LogP contribution in [0.4, 0.5) is 4.79 Å². The van der Waals surface area contributed by atoms with E-state index in [2.05, 4.69) is 22.9 Å². The van der Waals surface area contributed by atoms with Crippen molar-refractivity contribution in [3.8, 4) is 0 Å². The van der Waals surface area contributed by atoms with Gasteiger partial charge in [-0.1, -0.05) is 58.3 Å². The van der Waals surface area contributed by atoms with E-state index in [0.29, 0.717) is 6.42 Å². The Morgan fingerprint density at radius 1 is 0.766 bits per heavy atom. The number of ether oxygens (including phenoxy) is 6. The Bertz CT molecular complexity index is 1040. The predicted molar refractivity (Wildman–Crippen MR) is 176 cm³/mol. The van der Waals surface area contributed by atoms with Crippen molar-refractivity contribution in [2.45, 2.75) is 155 Å². The number of amides is 1. The van der Waals surface area contributed by atoms with Crippen LogP contribution in [0.1, 0.15) is 113 Å². The minimum atomic E-state index is -1.33. The summed E-state index contributed by atoms with van der Waals surface area (Å²) in [5.41, 5.74) is -0.674. The van der Waals surface area contributed by atoms with Crippen molar-refractivity contribution in [3.63, 3.8) is 0 Å². The summed E-state index contributed by atoms with van der Waals surface area (Å²) in [6.45, 7) is 12.0. The monoisotopic (exact) mass is 689 g/mol. The van der Waals surface area contributed by atoms with Crippen LogP contribution >= 0.6 is 12.2 Å². The number of hydrogen-bond acceptors (Lipinski definition) is 12. The van der Waals surface area contributed by atoms with Crippen molar-refractivity contribution in [1.82, 2.24) is 16.0 Å². The molecule has 1 amide bonds. The van der Waals surface area contributed by atoms with E-state index < -0.39 is 66.2 Å². The molecule has 1 saturated heterocycles. The average molecular weight is 690 g/mol. The van der Waals surface area contributed by atoms with Crippen molar-refractivity contribution in [2.24, 2.45) is 0 Å². The number of nitrogens with one attached hydrogen (secondary N) is 3. The number of thiocarbonyl (C=S) groups is 1. The van der Waals surface area contributed by atoms with E-state index in [1.54, 1.807) is 20.8 Å². The normalized spacial score (nSPS) is 21.4. The molecule has 1 fully saturated rings. The molecule has 0 aliphatic carbocycles. The Morgan fingerprint density at radius 3 is 1.83 bits per heavy atom. The first-order chi connectivity index (χ1) is 22.0. The van der Waals surface area contributed by atoms with Gasteiger partial charge in [-0.3, -0.25) is 19.2 Å². The topological polar surface area (TPSA) is 177 Å². The lowest BCUT2D eigenvalue weighted by Gasteiger charge is -2.44. The molecule has 0 aromatic heterocycles. The largest absolute Gasteiger partial charge is 0.463 e. The number of hydrogen-bond donors (Lipinski definition) is 3. The number of esters is 4. The van der Waals surface area contributed by atoms with Gasteiger partial charge in [-0.2, -0.15) is 0 Å². The van der Waals surface area contributed by atoms with Gasteiger partial charge in [0.25, 0.3) is 0 Å². The molecule has 0 aromatic carbocycles. The second-order valence-electron chi connectivity index (χ2n) is 12.6. The molecule has 1 aliphatic rings. The second kappa shape index (κ2) is 21.6. The molecule has 3 N–H and O–H groups in total. The smallest absolute Gasteiger partial charge is 0.407 e. The number of rotatable bonds is 18. The Hall–Kier alpha value is -3.20. The van der Waals surface area contributed by atoms with E-state index in [9.17, 15) is 24.0 Å². The molecule has 14 nitrogen and oxygen atoms in total. The van der Waals surface area contributed by atoms with Gasteiger partial charge >= 0.3 is 30.0 Å². The maximum absolute atomic E-state index is 12.6. The zero-order valence-corrected chi connectivity index (χ0v) is 30.0. The van der Waals surface area contributed by atoms with E-state index in [0.717, 1.165) is 40.0 Å². The van der Waals surface area contributed by atoms with Crippen LogP contribution in [0.2, 0.25) is 0 Å². The van der Waals surface area contributed by atoms with Crippen molar-refractivity contribution in [1.29, 1.82) is 0 Å². The van der Waals surface area contributed by atoms with Gasteiger partial charge in [-0.05, 0) is 39.4 Å². The Morgan fingerprint density at radius 2 is 1.30 bits per heavy atom. The summed E-state index contributed by atoms with van der Waals surface area (Å²) in [4.78, 5) is 60.3. The predicted octanol–water partition coefficient (Wildman–Crippen LogP) is 3.96. The standard InChI is InChI=1S/C32H55N3O11S/c1-9-10-11-12-13-14-15-16-17-24(34-31(40)46-32(6,7)8)18-33-30(47)35-29-28(44-23(5)39)27(43-22(4)38)26(42-21(3)37)25(45-29)19-41-20(2)36/h24-29H,9-19H2,1-8H3,(H,34,40)(H2,33,35,47)/t24-,25-,26-,27+,28-,29-/m1/s1. The SMILES string of the molecule is CCCCCCCCCC[C@H](CNC(=S)N[C@@H]1O[C@H](COC(C)=O)[C@@H](OC(C)=O)[C@H](OC(C)=O)[C@H]1OC(C)=O)NC(=O)OC(C)(C)C. The molecule has 0 aromatic rings. The molecule has 47 heavy (non-hydrogen) atoms. The quantitative estimate of drug-likeness (QED) is 0.0816. The second-order valence-corrected chi connectivity index (χ2v) is 13.0. The number of carbonyl (C=O) groups excluding carboxylic acids is 5. The van der Waals surface area contributed by atoms with E-state index in [4.69, 9.17) is 40.6 Å². The van der Waals surface area contributed by atoms with Gasteiger partial charge in [0.1, 0.15) is 18.3 Å². The van der Waals surface area contributed by atoms with Crippen LogP contribution in [0.5, 0.6) is 0 Å². The lowest BCUT2D eigenvalue weighted by atomic mass is 9.97. The van der Waals surface area contributed by atoms with Gasteiger partial charge in [0.05, 0.1) is 0 Å². The van der Waals surface area contributed by atoms with Crippen LogP contribution < -0.4 is 16.0 Å². The van der Waals surface area contributed by atoms with Crippen LogP contribution in [0.15, 0.2) is 0 Å². The molecule has 270 valence electrons. The molecule has 0 saturated carbocycles. The van der Waals surface area contributed by atoms with Crippen LogP contribution in [-0.4, -0.2) is 90.5 Å². The first-order valence-corrected chi connectivity index (χ1v) is 16.8. The van der Waals surface area contributed by atoms with Crippen molar-refractivity contribution < 1.29 is 52.4 Å². The van der Waals surface area contributed by atoms with E-state index >= 15 is 0 Å². The molecule has 6 atom stereocenters. The summed E-state index contributed by atoms with van der Waals surface area (Å²) in [5.74, 6) is -2.82. The fraction of sp³-hybridized carbons (Fsp3) is 0.812. The highest BCUT2D eigenvalue weighted by atomic mass is 32.1. The van der Waals surface area contributed by atoms with Gasteiger partial charge in [-0.15, -0.1) is 0 Å². The molecule has 0 spiro atoms. The highest BCUT2D eigenvalue weighted by molar-refractivity contribution is 7.80. The number of carbonyl (C=O) groups is 5. The maximum atomic E-state index is 12.6. The maximum Gasteiger partial charge on any atom is 0.407 e. The summed E-state index contributed by atoms with van der Waals surface area (Å²) < 4.78 is 32.9. The van der Waals surface area contributed by atoms with E-state index in [-0.39, 0.29) is 24.3 Å². The molecule has 0 radical (unpaired) electrons. The summed E-state index contributed by atoms with van der Waals surface area (Å²) in [6.07, 6.45) is 2.94. The van der Waals surface area contributed by atoms with Crippen LogP contribution in [0.25, 0.3) is 0 Å². The molecular formula is C32H55N3O11S. The molecule has 1 rings (SSSR count). The minimum absolute atomic E-state index is 0.0674. The van der Waals surface area contributed by atoms with Crippen LogP contribution in [0.3, 0.4) is 0 Å². The highest BCUT2D eigenvalue weighted by Gasteiger charge is 2.52. The van der Waals surface area contributed by atoms with Gasteiger partial charge in [0.2, 0.25) is 0 Å². The van der Waals surface area contributed by atoms with Gasteiger partial charge in [0.15, 0.2) is 29.7 Å². The summed E-state index contributed by atoms with van der Waals surface area (Å²) in [5, 5.41) is 8.96. The van der Waals surface area contributed by atoms with Crippen molar-refractivity contribution in [3.05, 3.63) is 0 Å². The van der Waals surface area contributed by atoms with Gasteiger partial charge in [-0.25, -0.2) is 4.79 Å². The first kappa shape index (κ1) is 41.8. The Labute approximate surface area is 284 Å². The van der Waals surface area contributed by atoms with Crippen LogP contribution in [-0.2, 0) is 47.6 Å². The molecular weight excluding hydrogens is 634 g/mol. The fourth-order valence-electron chi connectivity index (χ4n) is 4.96. The van der Waals surface area contributed by atoms with Gasteiger partial charge in [0, 0.05) is 40.3 Å². The van der Waals surface area contributed by atoms with E-state index in [1.807, 2.05) is 0 Å². The number of alkyl carbamates (subject to hydrolysis) is 1.